The van der Waals surface area contributed by atoms with Crippen LogP contribution >= 0.6 is 7.60 Å². The minimum atomic E-state index is -3.15. The predicted molar refractivity (Wildman–Crippen MR) is 95.9 cm³/mol. The van der Waals surface area contributed by atoms with Gasteiger partial charge in [0.1, 0.15) is 0 Å². The zero-order chi connectivity index (χ0) is 19.0. The molecular weight excluding hydrogens is 359 g/mol. The predicted octanol–water partition coefficient (Wildman–Crippen LogP) is 1.21. The van der Waals surface area contributed by atoms with Crippen molar-refractivity contribution in [2.75, 3.05) is 39.0 Å². The molecule has 0 aliphatic heterocycles. The van der Waals surface area contributed by atoms with Crippen molar-refractivity contribution in [3.05, 3.63) is 23.0 Å². The van der Waals surface area contributed by atoms with E-state index < -0.39 is 7.60 Å². The third-order valence-electron chi connectivity index (χ3n) is 3.70. The highest BCUT2D eigenvalue weighted by Gasteiger charge is 2.24. The smallest absolute Gasteiger partial charge is 0.314 e. The number of hydrogen-bond donors (Lipinski definition) is 1. The van der Waals surface area contributed by atoms with Gasteiger partial charge in [-0.15, -0.1) is 0 Å². The SMILES string of the molecule is CCOP(=O)(CCN(CC#N)CCn1cnc2c(=O)[nH]cnc21)OCC. The first-order valence-electron chi connectivity index (χ1n) is 8.39. The average Bonchev–Trinajstić information content (AvgIpc) is 3.02. The molecule has 2 aromatic heterocycles. The number of hydrogen-bond acceptors (Lipinski definition) is 8. The fourth-order valence-electron chi connectivity index (χ4n) is 2.50. The molecule has 0 saturated carbocycles. The summed E-state index contributed by atoms with van der Waals surface area (Å²) in [7, 11) is -3.15. The number of aromatic nitrogens is 4. The molecule has 0 bridgehead atoms. The molecule has 0 fully saturated rings. The summed E-state index contributed by atoms with van der Waals surface area (Å²) >= 11 is 0. The summed E-state index contributed by atoms with van der Waals surface area (Å²) in [6.07, 6.45) is 3.08. The van der Waals surface area contributed by atoms with E-state index in [0.717, 1.165) is 0 Å². The minimum Gasteiger partial charge on any atom is -0.314 e. The molecule has 0 aromatic carbocycles. The molecule has 0 saturated heterocycles. The van der Waals surface area contributed by atoms with E-state index >= 15 is 0 Å². The van der Waals surface area contributed by atoms with E-state index in [2.05, 4.69) is 21.0 Å². The molecule has 2 aromatic rings. The Morgan fingerprint density at radius 3 is 2.69 bits per heavy atom. The van der Waals surface area contributed by atoms with Crippen LogP contribution in [-0.2, 0) is 20.2 Å². The van der Waals surface area contributed by atoms with E-state index in [9.17, 15) is 9.36 Å². The monoisotopic (exact) mass is 382 g/mol. The third kappa shape index (κ3) is 5.22. The molecular formula is C15H23N6O4P. The molecule has 142 valence electrons. The molecule has 10 nitrogen and oxygen atoms in total. The zero-order valence-corrected chi connectivity index (χ0v) is 15.8. The highest BCUT2D eigenvalue weighted by molar-refractivity contribution is 7.53. The summed E-state index contributed by atoms with van der Waals surface area (Å²) in [5.74, 6) is 0. The van der Waals surface area contributed by atoms with Crippen LogP contribution in [0.15, 0.2) is 17.4 Å². The van der Waals surface area contributed by atoms with Crippen LogP contribution in [0.4, 0.5) is 0 Å². The normalized spacial score (nSPS) is 11.9. The van der Waals surface area contributed by atoms with Crippen LogP contribution in [0.2, 0.25) is 0 Å². The van der Waals surface area contributed by atoms with Crippen molar-refractivity contribution in [1.29, 1.82) is 5.26 Å². The maximum atomic E-state index is 12.5. The second-order valence-corrected chi connectivity index (χ2v) is 7.63. The van der Waals surface area contributed by atoms with Crippen molar-refractivity contribution in [2.45, 2.75) is 20.4 Å². The molecule has 0 spiro atoms. The van der Waals surface area contributed by atoms with Gasteiger partial charge in [0.15, 0.2) is 11.2 Å². The number of imidazole rings is 1. The number of H-pyrrole nitrogens is 1. The van der Waals surface area contributed by atoms with Gasteiger partial charge in [-0.3, -0.25) is 14.3 Å². The van der Waals surface area contributed by atoms with Gasteiger partial charge < -0.3 is 18.6 Å². The van der Waals surface area contributed by atoms with Crippen molar-refractivity contribution in [2.24, 2.45) is 0 Å². The van der Waals surface area contributed by atoms with E-state index in [0.29, 0.717) is 38.5 Å². The topological polar surface area (TPSA) is 126 Å². The van der Waals surface area contributed by atoms with Crippen molar-refractivity contribution < 1.29 is 13.6 Å². The molecule has 0 radical (unpaired) electrons. The summed E-state index contributed by atoms with van der Waals surface area (Å²) in [6, 6.07) is 2.10. The Morgan fingerprint density at radius 1 is 1.31 bits per heavy atom. The van der Waals surface area contributed by atoms with E-state index in [1.54, 1.807) is 24.7 Å². The van der Waals surface area contributed by atoms with Crippen LogP contribution in [0.5, 0.6) is 0 Å². The van der Waals surface area contributed by atoms with Gasteiger partial charge in [0.2, 0.25) is 0 Å². The van der Waals surface area contributed by atoms with Gasteiger partial charge in [-0.2, -0.15) is 5.26 Å². The first-order valence-corrected chi connectivity index (χ1v) is 10.1. The molecule has 0 amide bonds. The standard InChI is InChI=1S/C15H23N6O4P/c1-3-24-26(23,25-4-2)10-9-20(6-5-16)7-8-21-12-19-13-14(21)17-11-18-15(13)22/h11-12H,3-4,6-10H2,1-2H3,(H,17,18,22). The lowest BCUT2D eigenvalue weighted by atomic mass is 10.4. The minimum absolute atomic E-state index is 0.179. The number of nitrogens with zero attached hydrogens (tertiary/aromatic N) is 5. The lowest BCUT2D eigenvalue weighted by Crippen LogP contribution is -2.31. The highest BCUT2D eigenvalue weighted by atomic mass is 31.2. The largest absolute Gasteiger partial charge is 0.331 e. The van der Waals surface area contributed by atoms with Crippen LogP contribution in [-0.4, -0.2) is 63.4 Å². The van der Waals surface area contributed by atoms with Gasteiger partial charge in [0.05, 0.1) is 44.6 Å². The third-order valence-corrected chi connectivity index (χ3v) is 5.75. The number of nitriles is 1. The van der Waals surface area contributed by atoms with Gasteiger partial charge in [-0.1, -0.05) is 0 Å². The quantitative estimate of drug-likeness (QED) is 0.454. The van der Waals surface area contributed by atoms with Crippen molar-refractivity contribution in [3.8, 4) is 6.07 Å². The van der Waals surface area contributed by atoms with Crippen LogP contribution in [0, 0.1) is 11.3 Å². The molecule has 0 unspecified atom stereocenters. The number of nitrogens with one attached hydrogen (secondary N) is 1. The first-order chi connectivity index (χ1) is 12.5. The van der Waals surface area contributed by atoms with Crippen LogP contribution in [0.25, 0.3) is 11.2 Å². The highest BCUT2D eigenvalue weighted by Crippen LogP contribution is 2.47. The Bertz CT molecular complexity index is 848. The molecule has 2 rings (SSSR count). The molecule has 2 heterocycles. The Labute approximate surface area is 151 Å². The van der Waals surface area contributed by atoms with Gasteiger partial charge in [-0.05, 0) is 13.8 Å². The number of aromatic amines is 1. The Hall–Kier alpha value is -2.05. The lowest BCUT2D eigenvalue weighted by molar-refractivity contribution is 0.213. The van der Waals surface area contributed by atoms with Crippen molar-refractivity contribution in [3.63, 3.8) is 0 Å². The average molecular weight is 382 g/mol. The maximum absolute atomic E-state index is 12.5. The molecule has 0 atom stereocenters. The van der Waals surface area contributed by atoms with Crippen LogP contribution < -0.4 is 5.56 Å². The second-order valence-electron chi connectivity index (χ2n) is 5.45. The zero-order valence-electron chi connectivity index (χ0n) is 14.9. The molecule has 1 N–H and O–H groups in total. The van der Waals surface area contributed by atoms with Crippen molar-refractivity contribution in [1.82, 2.24) is 24.4 Å². The van der Waals surface area contributed by atoms with Crippen molar-refractivity contribution >= 4 is 18.8 Å². The maximum Gasteiger partial charge on any atom is 0.331 e. The summed E-state index contributed by atoms with van der Waals surface area (Å²) in [5, 5.41) is 9.04. The fraction of sp³-hybridized carbons (Fsp3) is 0.600. The number of fused-ring (bicyclic) bond motifs is 1. The molecule has 0 aliphatic rings. The van der Waals surface area contributed by atoms with Crippen LogP contribution in [0.1, 0.15) is 13.8 Å². The summed E-state index contributed by atoms with van der Waals surface area (Å²) in [4.78, 5) is 24.2. The van der Waals surface area contributed by atoms with Gasteiger partial charge in [0, 0.05) is 19.6 Å². The van der Waals surface area contributed by atoms with E-state index in [4.69, 9.17) is 14.3 Å². The first kappa shape index (κ1) is 20.3. The van der Waals surface area contributed by atoms with Gasteiger partial charge >= 0.3 is 7.60 Å². The van der Waals surface area contributed by atoms with E-state index in [1.165, 1.54) is 6.33 Å². The Morgan fingerprint density at radius 2 is 2.04 bits per heavy atom. The molecule has 0 aliphatic carbocycles. The summed E-state index contributed by atoms with van der Waals surface area (Å²) in [5.41, 5.74) is 0.466. The number of rotatable bonds is 11. The lowest BCUT2D eigenvalue weighted by Gasteiger charge is -2.23. The molecule has 26 heavy (non-hydrogen) atoms. The van der Waals surface area contributed by atoms with Gasteiger partial charge in [0.25, 0.3) is 5.56 Å². The Balaban J connectivity index is 2.01. The Kier molecular flexibility index (Phi) is 7.48. The summed E-state index contributed by atoms with van der Waals surface area (Å²) in [6.45, 7) is 5.70. The van der Waals surface area contributed by atoms with E-state index in [1.807, 2.05) is 4.90 Å². The van der Waals surface area contributed by atoms with E-state index in [-0.39, 0.29) is 23.8 Å². The molecule has 11 heteroatoms. The van der Waals surface area contributed by atoms with Crippen LogP contribution in [0.3, 0.4) is 0 Å². The fourth-order valence-corrected chi connectivity index (χ4v) is 4.15. The summed E-state index contributed by atoms with van der Waals surface area (Å²) < 4.78 is 24.9. The van der Waals surface area contributed by atoms with Gasteiger partial charge in [-0.25, -0.2) is 9.97 Å². The second kappa shape index (κ2) is 9.59.